The Labute approximate surface area is 168 Å². The molecule has 1 saturated heterocycles. The van der Waals surface area contributed by atoms with Crippen molar-refractivity contribution in [2.24, 2.45) is 5.92 Å². The molecule has 1 aliphatic rings. The normalized spacial score (nSPS) is 17.5. The van der Waals surface area contributed by atoms with Gasteiger partial charge in [0.25, 0.3) is 0 Å². The molecule has 152 valence electrons. The summed E-state index contributed by atoms with van der Waals surface area (Å²) in [6, 6.07) is 5.67. The quantitative estimate of drug-likeness (QED) is 0.582. The Hall–Kier alpha value is -1.40. The van der Waals surface area contributed by atoms with Gasteiger partial charge in [0.15, 0.2) is 0 Å². The molecule has 1 unspecified atom stereocenters. The van der Waals surface area contributed by atoms with Crippen LogP contribution in [0.1, 0.15) is 37.7 Å². The highest BCUT2D eigenvalue weighted by Crippen LogP contribution is 2.25. The van der Waals surface area contributed by atoms with Gasteiger partial charge in [-0.3, -0.25) is 4.79 Å². The van der Waals surface area contributed by atoms with Gasteiger partial charge in [0.05, 0.1) is 14.2 Å². The summed E-state index contributed by atoms with van der Waals surface area (Å²) in [4.78, 5) is 14.9. The van der Waals surface area contributed by atoms with Gasteiger partial charge in [-0.05, 0) is 68.8 Å². The molecule has 0 spiro atoms. The number of carbonyl (C=O) groups excluding carboxylic acids is 1. The molecule has 1 N–H and O–H groups in total. The van der Waals surface area contributed by atoms with Crippen LogP contribution in [0.4, 0.5) is 0 Å². The highest BCUT2D eigenvalue weighted by molar-refractivity contribution is 7.98. The highest BCUT2D eigenvalue weighted by Gasteiger charge is 2.20. The number of hydrogen-bond acceptors (Lipinski definition) is 5. The van der Waals surface area contributed by atoms with Crippen LogP contribution in [0, 0.1) is 5.92 Å². The lowest BCUT2D eigenvalue weighted by atomic mass is 9.93. The molecule has 6 heteroatoms. The first-order chi connectivity index (χ1) is 13.2. The van der Waals surface area contributed by atoms with Crippen molar-refractivity contribution in [3.63, 3.8) is 0 Å². The lowest BCUT2D eigenvalue weighted by Crippen LogP contribution is -2.36. The van der Waals surface area contributed by atoms with Crippen molar-refractivity contribution in [2.45, 2.75) is 38.6 Å². The summed E-state index contributed by atoms with van der Waals surface area (Å²) >= 11 is 1.92. The van der Waals surface area contributed by atoms with E-state index in [4.69, 9.17) is 9.47 Å². The molecule has 5 nitrogen and oxygen atoms in total. The number of methoxy groups -OCH3 is 2. The van der Waals surface area contributed by atoms with E-state index in [2.05, 4.69) is 16.5 Å². The summed E-state index contributed by atoms with van der Waals surface area (Å²) in [6.07, 6.45) is 7.51. The van der Waals surface area contributed by atoms with E-state index in [1.54, 1.807) is 14.2 Å². The number of piperidine rings is 1. The van der Waals surface area contributed by atoms with E-state index < -0.39 is 0 Å². The van der Waals surface area contributed by atoms with Gasteiger partial charge in [0, 0.05) is 31.1 Å². The van der Waals surface area contributed by atoms with Crippen molar-refractivity contribution in [2.75, 3.05) is 45.9 Å². The Bertz CT molecular complexity index is 583. The summed E-state index contributed by atoms with van der Waals surface area (Å²) in [5.74, 6) is 3.49. The van der Waals surface area contributed by atoms with Crippen LogP contribution in [-0.4, -0.2) is 56.7 Å². The minimum absolute atomic E-state index is 0.118. The van der Waals surface area contributed by atoms with Gasteiger partial charge < -0.3 is 19.7 Å². The van der Waals surface area contributed by atoms with Crippen LogP contribution in [0.2, 0.25) is 0 Å². The van der Waals surface area contributed by atoms with Crippen LogP contribution in [-0.2, 0) is 11.3 Å². The summed E-state index contributed by atoms with van der Waals surface area (Å²) < 4.78 is 10.6. The lowest BCUT2D eigenvalue weighted by Gasteiger charge is -2.32. The standard InChI is InChI=1S/C21H34N2O3S/c1-25-19-9-8-18(20(14-19)26-2)15-22-21(24)10-7-17-6-4-11-23(16-17)12-5-13-27-3/h8-9,14,17H,4-7,10-13,15-16H2,1-3H3,(H,22,24). The second-order valence-corrected chi connectivity index (χ2v) is 8.13. The Balaban J connectivity index is 1.71. The van der Waals surface area contributed by atoms with Gasteiger partial charge in [0.1, 0.15) is 11.5 Å². The van der Waals surface area contributed by atoms with Crippen LogP contribution in [0.3, 0.4) is 0 Å². The number of ether oxygens (including phenoxy) is 2. The molecule has 1 aliphatic heterocycles. The van der Waals surface area contributed by atoms with Crippen LogP contribution >= 0.6 is 11.8 Å². The zero-order valence-corrected chi connectivity index (χ0v) is 17.8. The molecule has 27 heavy (non-hydrogen) atoms. The first-order valence-corrected chi connectivity index (χ1v) is 11.2. The molecule has 1 atom stereocenters. The molecule has 1 amide bonds. The first kappa shape index (κ1) is 21.9. The van der Waals surface area contributed by atoms with Crippen molar-refractivity contribution in [1.82, 2.24) is 10.2 Å². The third-order valence-corrected chi connectivity index (χ3v) is 5.87. The second-order valence-electron chi connectivity index (χ2n) is 7.15. The van der Waals surface area contributed by atoms with Crippen LogP contribution < -0.4 is 14.8 Å². The average molecular weight is 395 g/mol. The molecule has 1 heterocycles. The van der Waals surface area contributed by atoms with E-state index in [1.165, 1.54) is 38.1 Å². The van der Waals surface area contributed by atoms with Gasteiger partial charge >= 0.3 is 0 Å². The fourth-order valence-corrected chi connectivity index (χ4v) is 4.06. The third-order valence-electron chi connectivity index (χ3n) is 5.18. The number of nitrogens with one attached hydrogen (secondary N) is 1. The second kappa shape index (κ2) is 12.1. The molecule has 1 aromatic rings. The lowest BCUT2D eigenvalue weighted by molar-refractivity contribution is -0.121. The molecule has 0 radical (unpaired) electrons. The number of carbonyl (C=O) groups is 1. The molecule has 2 rings (SSSR count). The van der Waals surface area contributed by atoms with E-state index >= 15 is 0 Å². The topological polar surface area (TPSA) is 50.8 Å². The number of thioether (sulfide) groups is 1. The van der Waals surface area contributed by atoms with Crippen molar-refractivity contribution in [1.29, 1.82) is 0 Å². The number of benzene rings is 1. The SMILES string of the molecule is COc1ccc(CNC(=O)CCC2CCCN(CCCSC)C2)c(OC)c1. The molecular formula is C21H34N2O3S. The highest BCUT2D eigenvalue weighted by atomic mass is 32.2. The Morgan fingerprint density at radius 1 is 1.33 bits per heavy atom. The van der Waals surface area contributed by atoms with E-state index in [0.717, 1.165) is 30.0 Å². The monoisotopic (exact) mass is 394 g/mol. The zero-order chi connectivity index (χ0) is 19.5. The largest absolute Gasteiger partial charge is 0.497 e. The summed E-state index contributed by atoms with van der Waals surface area (Å²) in [5, 5.41) is 3.03. The van der Waals surface area contributed by atoms with Crippen LogP contribution in [0.5, 0.6) is 11.5 Å². The number of nitrogens with zero attached hydrogens (tertiary/aromatic N) is 1. The van der Waals surface area contributed by atoms with Crippen molar-refractivity contribution in [3.05, 3.63) is 23.8 Å². The van der Waals surface area contributed by atoms with Crippen molar-refractivity contribution < 1.29 is 14.3 Å². The predicted molar refractivity (Wildman–Crippen MR) is 113 cm³/mol. The van der Waals surface area contributed by atoms with E-state index in [0.29, 0.717) is 18.9 Å². The van der Waals surface area contributed by atoms with E-state index in [9.17, 15) is 4.79 Å². The number of rotatable bonds is 11. The molecule has 1 fully saturated rings. The van der Waals surface area contributed by atoms with E-state index in [1.807, 2.05) is 30.0 Å². The molecule has 0 saturated carbocycles. The van der Waals surface area contributed by atoms with Crippen LogP contribution in [0.25, 0.3) is 0 Å². The van der Waals surface area contributed by atoms with Gasteiger partial charge in [-0.25, -0.2) is 0 Å². The maximum absolute atomic E-state index is 12.3. The fourth-order valence-electron chi connectivity index (χ4n) is 3.64. The molecule has 1 aromatic carbocycles. The van der Waals surface area contributed by atoms with Crippen molar-refractivity contribution in [3.8, 4) is 11.5 Å². The average Bonchev–Trinajstić information content (AvgIpc) is 2.71. The number of hydrogen-bond donors (Lipinski definition) is 1. The van der Waals surface area contributed by atoms with Gasteiger partial charge in [0.2, 0.25) is 5.91 Å². The molecule has 0 bridgehead atoms. The Kier molecular flexibility index (Phi) is 9.84. The number of likely N-dealkylation sites (tertiary alicyclic amines) is 1. The van der Waals surface area contributed by atoms with Gasteiger partial charge in [-0.1, -0.05) is 0 Å². The zero-order valence-electron chi connectivity index (χ0n) is 17.0. The third kappa shape index (κ3) is 7.62. The van der Waals surface area contributed by atoms with Crippen LogP contribution in [0.15, 0.2) is 18.2 Å². The van der Waals surface area contributed by atoms with E-state index in [-0.39, 0.29) is 5.91 Å². The van der Waals surface area contributed by atoms with Gasteiger partial charge in [-0.2, -0.15) is 11.8 Å². The fraction of sp³-hybridized carbons (Fsp3) is 0.667. The summed E-state index contributed by atoms with van der Waals surface area (Å²) in [6.45, 7) is 4.04. The predicted octanol–water partition coefficient (Wildman–Crippen LogP) is 3.57. The molecular weight excluding hydrogens is 360 g/mol. The minimum Gasteiger partial charge on any atom is -0.497 e. The summed E-state index contributed by atoms with van der Waals surface area (Å²) in [5.41, 5.74) is 0.962. The Morgan fingerprint density at radius 3 is 2.93 bits per heavy atom. The van der Waals surface area contributed by atoms with Gasteiger partial charge in [-0.15, -0.1) is 0 Å². The molecule has 0 aliphatic carbocycles. The molecule has 0 aromatic heterocycles. The first-order valence-electron chi connectivity index (χ1n) is 9.85. The van der Waals surface area contributed by atoms with Crippen molar-refractivity contribution >= 4 is 17.7 Å². The Morgan fingerprint density at radius 2 is 2.19 bits per heavy atom. The smallest absolute Gasteiger partial charge is 0.220 e. The summed E-state index contributed by atoms with van der Waals surface area (Å²) in [7, 11) is 3.26. The maximum atomic E-state index is 12.3. The minimum atomic E-state index is 0.118. The maximum Gasteiger partial charge on any atom is 0.220 e. The number of amides is 1.